The van der Waals surface area contributed by atoms with Crippen molar-refractivity contribution in [2.24, 2.45) is 0 Å². The van der Waals surface area contributed by atoms with E-state index in [4.69, 9.17) is 4.74 Å². The smallest absolute Gasteiger partial charge is 0.333 e. The zero-order valence-electron chi connectivity index (χ0n) is 15.5. The molecule has 148 valence electrons. The van der Waals surface area contributed by atoms with Gasteiger partial charge in [0.25, 0.3) is 17.2 Å². The van der Waals surface area contributed by atoms with Gasteiger partial charge in [-0.15, -0.1) is 0 Å². The summed E-state index contributed by atoms with van der Waals surface area (Å²) in [5.74, 6) is -0.392. The number of nitro benzene ring substituents is 1. The first-order valence-electron chi connectivity index (χ1n) is 8.37. The van der Waals surface area contributed by atoms with Crippen LogP contribution < -0.4 is 21.3 Å². The Kier molecular flexibility index (Phi) is 5.26. The van der Waals surface area contributed by atoms with Crippen molar-refractivity contribution < 1.29 is 14.5 Å². The number of nitrogens with one attached hydrogen (secondary N) is 2. The van der Waals surface area contributed by atoms with Crippen LogP contribution in [0.3, 0.4) is 0 Å². The molecule has 0 saturated carbocycles. The second-order valence-corrected chi connectivity index (χ2v) is 6.06. The van der Waals surface area contributed by atoms with E-state index in [9.17, 15) is 24.5 Å². The predicted octanol–water partition coefficient (Wildman–Crippen LogP) is 2.00. The van der Waals surface area contributed by atoms with Crippen molar-refractivity contribution >= 4 is 17.3 Å². The lowest BCUT2D eigenvalue weighted by Crippen LogP contribution is -2.38. The van der Waals surface area contributed by atoms with Crippen molar-refractivity contribution in [3.63, 3.8) is 0 Å². The molecule has 3 rings (SSSR count). The number of H-pyrrole nitrogens is 1. The zero-order valence-corrected chi connectivity index (χ0v) is 15.5. The van der Waals surface area contributed by atoms with Crippen molar-refractivity contribution in [3.05, 3.63) is 90.7 Å². The zero-order chi connectivity index (χ0) is 21.1. The topological polar surface area (TPSA) is 136 Å². The highest BCUT2D eigenvalue weighted by Crippen LogP contribution is 2.22. The number of hydrogen-bond donors (Lipinski definition) is 2. The number of hydrogen-bond acceptors (Lipinski definition) is 6. The molecule has 0 bridgehead atoms. The van der Waals surface area contributed by atoms with Gasteiger partial charge in [-0.25, -0.2) is 9.36 Å². The first kappa shape index (κ1) is 19.5. The summed E-state index contributed by atoms with van der Waals surface area (Å²) >= 11 is 0. The number of nitro groups is 1. The van der Waals surface area contributed by atoms with E-state index in [1.807, 2.05) is 0 Å². The molecule has 0 aliphatic heterocycles. The monoisotopic (exact) mass is 396 g/mol. The number of rotatable bonds is 5. The van der Waals surface area contributed by atoms with Crippen molar-refractivity contribution in [2.75, 3.05) is 12.4 Å². The van der Waals surface area contributed by atoms with E-state index in [1.165, 1.54) is 37.4 Å². The largest absolute Gasteiger partial charge is 0.497 e. The highest BCUT2D eigenvalue weighted by atomic mass is 16.6. The average molecular weight is 396 g/mol. The van der Waals surface area contributed by atoms with Crippen LogP contribution in [-0.2, 0) is 0 Å². The number of amides is 1. The number of aryl methyl sites for hydroxylation is 1. The number of anilines is 1. The second kappa shape index (κ2) is 7.80. The standard InChI is InChI=1S/C19H16N4O6/c1-11-6-7-12(8-16(11)23(27)28)21-17(24)15-10-20-19(26)22(18(15)25)13-4-3-5-14(9-13)29-2/h3-10H,1-2H3,(H,20,26)(H,21,24). The molecule has 0 aliphatic rings. The fourth-order valence-electron chi connectivity index (χ4n) is 2.70. The van der Waals surface area contributed by atoms with Crippen LogP contribution in [0, 0.1) is 17.0 Å². The fraction of sp³-hybridized carbons (Fsp3) is 0.105. The highest BCUT2D eigenvalue weighted by Gasteiger charge is 2.18. The molecule has 3 aromatic rings. The molecule has 0 atom stereocenters. The number of carbonyl (C=O) groups excluding carboxylic acids is 1. The Morgan fingerprint density at radius 3 is 2.66 bits per heavy atom. The van der Waals surface area contributed by atoms with Crippen LogP contribution in [0.25, 0.3) is 5.69 Å². The van der Waals surface area contributed by atoms with Gasteiger partial charge in [-0.1, -0.05) is 12.1 Å². The fourth-order valence-corrected chi connectivity index (χ4v) is 2.70. The molecule has 10 nitrogen and oxygen atoms in total. The molecule has 1 aromatic heterocycles. The maximum Gasteiger partial charge on any atom is 0.333 e. The van der Waals surface area contributed by atoms with Gasteiger partial charge >= 0.3 is 5.69 Å². The van der Waals surface area contributed by atoms with Gasteiger partial charge in [0.15, 0.2) is 0 Å². The summed E-state index contributed by atoms with van der Waals surface area (Å²) in [5, 5.41) is 13.5. The lowest BCUT2D eigenvalue weighted by atomic mass is 10.2. The third kappa shape index (κ3) is 3.90. The van der Waals surface area contributed by atoms with Gasteiger partial charge in [0.2, 0.25) is 0 Å². The SMILES string of the molecule is COc1cccc(-n2c(=O)[nH]cc(C(=O)Nc3ccc(C)c([N+](=O)[O-])c3)c2=O)c1. The molecular formula is C19H16N4O6. The second-order valence-electron chi connectivity index (χ2n) is 6.06. The molecule has 10 heteroatoms. The molecule has 2 aromatic carbocycles. The molecule has 29 heavy (non-hydrogen) atoms. The van der Waals surface area contributed by atoms with Crippen molar-refractivity contribution in [3.8, 4) is 11.4 Å². The summed E-state index contributed by atoms with van der Waals surface area (Å²) in [4.78, 5) is 50.4. The minimum Gasteiger partial charge on any atom is -0.497 e. The predicted molar refractivity (Wildman–Crippen MR) is 105 cm³/mol. The summed E-state index contributed by atoms with van der Waals surface area (Å²) in [6.07, 6.45) is 0.999. The van der Waals surface area contributed by atoms with Crippen molar-refractivity contribution in [2.45, 2.75) is 6.92 Å². The maximum atomic E-state index is 12.8. The highest BCUT2D eigenvalue weighted by molar-refractivity contribution is 6.04. The number of benzene rings is 2. The van der Waals surface area contributed by atoms with Gasteiger partial charge in [0.1, 0.15) is 11.3 Å². The van der Waals surface area contributed by atoms with Crippen LogP contribution in [-0.4, -0.2) is 27.5 Å². The molecule has 0 fully saturated rings. The van der Waals surface area contributed by atoms with Crippen LogP contribution in [0.1, 0.15) is 15.9 Å². The number of aromatic nitrogens is 2. The maximum absolute atomic E-state index is 12.8. The number of aromatic amines is 1. The van der Waals surface area contributed by atoms with Crippen LogP contribution >= 0.6 is 0 Å². The van der Waals surface area contributed by atoms with Crippen LogP contribution in [0.4, 0.5) is 11.4 Å². The van der Waals surface area contributed by atoms with Gasteiger partial charge in [-0.2, -0.15) is 0 Å². The average Bonchev–Trinajstić information content (AvgIpc) is 2.69. The molecular weight excluding hydrogens is 380 g/mol. The molecule has 0 saturated heterocycles. The van der Waals surface area contributed by atoms with Crippen LogP contribution in [0.5, 0.6) is 5.75 Å². The third-order valence-corrected chi connectivity index (χ3v) is 4.20. The third-order valence-electron chi connectivity index (χ3n) is 4.20. The van der Waals surface area contributed by atoms with E-state index >= 15 is 0 Å². The van der Waals surface area contributed by atoms with Gasteiger partial charge in [-0.3, -0.25) is 19.7 Å². The Morgan fingerprint density at radius 2 is 1.97 bits per heavy atom. The van der Waals surface area contributed by atoms with Crippen LogP contribution in [0.2, 0.25) is 0 Å². The van der Waals surface area contributed by atoms with Gasteiger partial charge in [0, 0.05) is 29.6 Å². The quantitative estimate of drug-likeness (QED) is 0.500. The van der Waals surface area contributed by atoms with Crippen molar-refractivity contribution in [1.82, 2.24) is 9.55 Å². The Hall–Kier alpha value is -4.21. The van der Waals surface area contributed by atoms with E-state index in [-0.39, 0.29) is 22.6 Å². The van der Waals surface area contributed by atoms with E-state index < -0.39 is 22.1 Å². The Morgan fingerprint density at radius 1 is 1.21 bits per heavy atom. The van der Waals surface area contributed by atoms with E-state index in [0.29, 0.717) is 11.3 Å². The summed E-state index contributed by atoms with van der Waals surface area (Å²) < 4.78 is 5.89. The normalized spacial score (nSPS) is 10.4. The minimum atomic E-state index is -0.846. The molecule has 1 heterocycles. The van der Waals surface area contributed by atoms with Crippen molar-refractivity contribution in [1.29, 1.82) is 0 Å². The van der Waals surface area contributed by atoms with E-state index in [2.05, 4.69) is 10.3 Å². The Labute approximate surface area is 163 Å². The van der Waals surface area contributed by atoms with E-state index in [0.717, 1.165) is 10.8 Å². The van der Waals surface area contributed by atoms with Gasteiger partial charge < -0.3 is 15.0 Å². The number of carbonyl (C=O) groups is 1. The Balaban J connectivity index is 2.01. The summed E-state index contributed by atoms with van der Waals surface area (Å²) in [7, 11) is 1.44. The molecule has 0 radical (unpaired) electrons. The molecule has 0 aliphatic carbocycles. The summed E-state index contributed by atoms with van der Waals surface area (Å²) in [6, 6.07) is 10.4. The first-order chi connectivity index (χ1) is 13.8. The van der Waals surface area contributed by atoms with Crippen LogP contribution in [0.15, 0.2) is 58.3 Å². The summed E-state index contributed by atoms with van der Waals surface area (Å²) in [6.45, 7) is 1.57. The number of nitrogens with zero attached hydrogens (tertiary/aromatic N) is 2. The molecule has 0 spiro atoms. The lowest BCUT2D eigenvalue weighted by Gasteiger charge is -2.09. The first-order valence-corrected chi connectivity index (χ1v) is 8.37. The number of methoxy groups -OCH3 is 1. The van der Waals surface area contributed by atoms with E-state index in [1.54, 1.807) is 19.1 Å². The Bertz CT molecular complexity index is 1230. The molecule has 1 amide bonds. The molecule has 0 unspecified atom stereocenters. The lowest BCUT2D eigenvalue weighted by molar-refractivity contribution is -0.385. The van der Waals surface area contributed by atoms with Gasteiger partial charge in [-0.05, 0) is 25.1 Å². The summed E-state index contributed by atoms with van der Waals surface area (Å²) in [5.41, 5.74) is -1.29. The molecule has 2 N–H and O–H groups in total. The minimum absolute atomic E-state index is 0.144. The van der Waals surface area contributed by atoms with Gasteiger partial charge in [0.05, 0.1) is 17.7 Å². The number of ether oxygens (including phenoxy) is 1.